The zero-order chi connectivity index (χ0) is 18.6. The third kappa shape index (κ3) is 4.74. The summed E-state index contributed by atoms with van der Waals surface area (Å²) in [4.78, 5) is 26.0. The van der Waals surface area contributed by atoms with Gasteiger partial charge in [-0.15, -0.1) is 0 Å². The molecule has 0 aromatic heterocycles. The Bertz CT molecular complexity index is 791. The number of nitrogens with zero attached hydrogens (tertiary/aromatic N) is 1. The summed E-state index contributed by atoms with van der Waals surface area (Å²) < 4.78 is 0. The second-order valence-corrected chi connectivity index (χ2v) is 6.75. The monoisotopic (exact) mass is 378 g/mol. The highest BCUT2D eigenvalue weighted by molar-refractivity contribution is 6.44. The van der Waals surface area contributed by atoms with Crippen molar-refractivity contribution >= 4 is 46.4 Å². The molecule has 0 saturated heterocycles. The lowest BCUT2D eigenvalue weighted by Crippen LogP contribution is -2.37. The van der Waals surface area contributed by atoms with Gasteiger partial charge in [0.2, 0.25) is 11.8 Å². The lowest BCUT2D eigenvalue weighted by atomic mass is 10.0. The molecule has 2 amide bonds. The van der Waals surface area contributed by atoms with Crippen LogP contribution in [0.25, 0.3) is 0 Å². The molecule has 2 rings (SSSR count). The summed E-state index contributed by atoms with van der Waals surface area (Å²) in [5.74, 6) is -0.332. The summed E-state index contributed by atoms with van der Waals surface area (Å²) in [6.07, 6.45) is 0. The maximum Gasteiger partial charge on any atom is 0.244 e. The SMILES string of the molecule is CC(=O)N(CC(=O)Nc1cccc(Cl)c1Cl)c1ccccc1C(C)C. The Morgan fingerprint density at radius 2 is 1.76 bits per heavy atom. The Hall–Kier alpha value is -2.04. The van der Waals surface area contributed by atoms with Crippen LogP contribution in [0.2, 0.25) is 10.0 Å². The van der Waals surface area contributed by atoms with Crippen LogP contribution < -0.4 is 10.2 Å². The molecule has 0 spiro atoms. The van der Waals surface area contributed by atoms with Gasteiger partial charge in [0.15, 0.2) is 0 Å². The number of benzene rings is 2. The fraction of sp³-hybridized carbons (Fsp3) is 0.263. The van der Waals surface area contributed by atoms with Crippen molar-refractivity contribution in [1.82, 2.24) is 0 Å². The summed E-state index contributed by atoms with van der Waals surface area (Å²) in [6.45, 7) is 5.42. The predicted molar refractivity (Wildman–Crippen MR) is 104 cm³/mol. The van der Waals surface area contributed by atoms with E-state index in [0.717, 1.165) is 11.3 Å². The molecule has 1 N–H and O–H groups in total. The topological polar surface area (TPSA) is 49.4 Å². The molecule has 0 fully saturated rings. The predicted octanol–water partition coefficient (Wildman–Crippen LogP) is 5.11. The van der Waals surface area contributed by atoms with Gasteiger partial charge in [0, 0.05) is 12.6 Å². The van der Waals surface area contributed by atoms with Crippen LogP contribution in [0.3, 0.4) is 0 Å². The second kappa shape index (κ2) is 8.37. The molecule has 0 unspecified atom stereocenters. The van der Waals surface area contributed by atoms with Gasteiger partial charge in [-0.1, -0.05) is 61.3 Å². The maximum absolute atomic E-state index is 12.4. The van der Waals surface area contributed by atoms with E-state index in [0.29, 0.717) is 10.7 Å². The van der Waals surface area contributed by atoms with Gasteiger partial charge < -0.3 is 10.2 Å². The molecule has 0 heterocycles. The quantitative estimate of drug-likeness (QED) is 0.785. The number of amides is 2. The smallest absolute Gasteiger partial charge is 0.244 e. The van der Waals surface area contributed by atoms with Gasteiger partial charge in [0.05, 0.1) is 15.7 Å². The van der Waals surface area contributed by atoms with E-state index < -0.39 is 0 Å². The molecule has 0 atom stereocenters. The number of carbonyl (C=O) groups is 2. The molecule has 0 radical (unpaired) electrons. The molecule has 0 saturated carbocycles. The molecule has 4 nitrogen and oxygen atoms in total. The number of hydrogen-bond donors (Lipinski definition) is 1. The number of carbonyl (C=O) groups excluding carboxylic acids is 2. The van der Waals surface area contributed by atoms with Crippen LogP contribution in [0.4, 0.5) is 11.4 Å². The van der Waals surface area contributed by atoms with Gasteiger partial charge in [0.1, 0.15) is 6.54 Å². The minimum Gasteiger partial charge on any atom is -0.323 e. The molecule has 132 valence electrons. The number of halogens is 2. The maximum atomic E-state index is 12.4. The summed E-state index contributed by atoms with van der Waals surface area (Å²) >= 11 is 12.1. The van der Waals surface area contributed by atoms with Gasteiger partial charge in [0.25, 0.3) is 0 Å². The lowest BCUT2D eigenvalue weighted by Gasteiger charge is -2.25. The van der Waals surface area contributed by atoms with Crippen LogP contribution in [0.1, 0.15) is 32.3 Å². The Morgan fingerprint density at radius 3 is 2.40 bits per heavy atom. The summed E-state index contributed by atoms with van der Waals surface area (Å²) in [5.41, 5.74) is 2.16. The Balaban J connectivity index is 2.24. The average Bonchev–Trinajstić information content (AvgIpc) is 2.56. The van der Waals surface area contributed by atoms with E-state index in [9.17, 15) is 9.59 Å². The number of para-hydroxylation sites is 1. The molecule has 0 aliphatic carbocycles. The summed E-state index contributed by atoms with van der Waals surface area (Å²) in [6, 6.07) is 12.6. The van der Waals surface area contributed by atoms with E-state index in [4.69, 9.17) is 23.2 Å². The van der Waals surface area contributed by atoms with Crippen molar-refractivity contribution in [1.29, 1.82) is 0 Å². The van der Waals surface area contributed by atoms with E-state index in [1.807, 2.05) is 38.1 Å². The largest absolute Gasteiger partial charge is 0.323 e. The third-order valence-electron chi connectivity index (χ3n) is 3.76. The summed E-state index contributed by atoms with van der Waals surface area (Å²) in [7, 11) is 0. The minimum absolute atomic E-state index is 0.109. The van der Waals surface area contributed by atoms with Gasteiger partial charge in [-0.3, -0.25) is 9.59 Å². The third-order valence-corrected chi connectivity index (χ3v) is 4.58. The molecule has 0 aliphatic rings. The van der Waals surface area contributed by atoms with Crippen LogP contribution in [-0.2, 0) is 9.59 Å². The van der Waals surface area contributed by atoms with Crippen molar-refractivity contribution in [3.8, 4) is 0 Å². The van der Waals surface area contributed by atoms with E-state index >= 15 is 0 Å². The fourth-order valence-electron chi connectivity index (χ4n) is 2.52. The lowest BCUT2D eigenvalue weighted by molar-refractivity contribution is -0.120. The number of anilines is 2. The van der Waals surface area contributed by atoms with Crippen LogP contribution in [-0.4, -0.2) is 18.4 Å². The van der Waals surface area contributed by atoms with Crippen molar-refractivity contribution < 1.29 is 9.59 Å². The first-order chi connectivity index (χ1) is 11.8. The van der Waals surface area contributed by atoms with E-state index in [-0.39, 0.29) is 29.3 Å². The molecule has 25 heavy (non-hydrogen) atoms. The molecular weight excluding hydrogens is 359 g/mol. The zero-order valence-corrected chi connectivity index (χ0v) is 15.9. The average molecular weight is 379 g/mol. The highest BCUT2D eigenvalue weighted by atomic mass is 35.5. The van der Waals surface area contributed by atoms with Crippen molar-refractivity contribution in [2.75, 3.05) is 16.8 Å². The van der Waals surface area contributed by atoms with Gasteiger partial charge in [-0.25, -0.2) is 0 Å². The molecular formula is C19H20Cl2N2O2. The van der Waals surface area contributed by atoms with Crippen molar-refractivity contribution in [2.24, 2.45) is 0 Å². The normalized spacial score (nSPS) is 10.6. The zero-order valence-electron chi connectivity index (χ0n) is 14.3. The van der Waals surface area contributed by atoms with Gasteiger partial charge >= 0.3 is 0 Å². The first kappa shape index (κ1) is 19.3. The molecule has 6 heteroatoms. The number of nitrogens with one attached hydrogen (secondary N) is 1. The molecule has 2 aromatic carbocycles. The van der Waals surface area contributed by atoms with E-state index in [2.05, 4.69) is 5.32 Å². The summed E-state index contributed by atoms with van der Waals surface area (Å²) in [5, 5.41) is 3.33. The van der Waals surface area contributed by atoms with Crippen molar-refractivity contribution in [2.45, 2.75) is 26.7 Å². The molecule has 2 aromatic rings. The minimum atomic E-state index is -0.349. The van der Waals surface area contributed by atoms with Crippen LogP contribution >= 0.6 is 23.2 Å². The number of hydrogen-bond acceptors (Lipinski definition) is 2. The first-order valence-corrected chi connectivity index (χ1v) is 8.67. The van der Waals surface area contributed by atoms with Crippen LogP contribution in [0.5, 0.6) is 0 Å². The van der Waals surface area contributed by atoms with Crippen molar-refractivity contribution in [3.63, 3.8) is 0 Å². The standard InChI is InChI=1S/C19H20Cl2N2O2/c1-12(2)14-7-4-5-10-17(14)23(13(3)24)11-18(25)22-16-9-6-8-15(20)19(16)21/h4-10,12H,11H2,1-3H3,(H,22,25). The van der Waals surface area contributed by atoms with Crippen molar-refractivity contribution in [3.05, 3.63) is 58.1 Å². The molecule has 0 bridgehead atoms. The van der Waals surface area contributed by atoms with Crippen LogP contribution in [0, 0.1) is 0 Å². The molecule has 0 aliphatic heterocycles. The first-order valence-electron chi connectivity index (χ1n) is 7.92. The Kier molecular flexibility index (Phi) is 6.45. The van der Waals surface area contributed by atoms with Crippen LogP contribution in [0.15, 0.2) is 42.5 Å². The second-order valence-electron chi connectivity index (χ2n) is 5.97. The highest BCUT2D eigenvalue weighted by Gasteiger charge is 2.20. The van der Waals surface area contributed by atoms with E-state index in [1.54, 1.807) is 18.2 Å². The Morgan fingerprint density at radius 1 is 1.08 bits per heavy atom. The Labute approximate surface area is 157 Å². The van der Waals surface area contributed by atoms with E-state index in [1.165, 1.54) is 11.8 Å². The highest BCUT2D eigenvalue weighted by Crippen LogP contribution is 2.30. The fourth-order valence-corrected chi connectivity index (χ4v) is 2.87. The van der Waals surface area contributed by atoms with Gasteiger partial charge in [-0.05, 0) is 29.7 Å². The number of rotatable bonds is 5. The van der Waals surface area contributed by atoms with Gasteiger partial charge in [-0.2, -0.15) is 0 Å².